The molecule has 0 amide bonds. The van der Waals surface area contributed by atoms with Crippen LogP contribution in [0, 0.1) is 10.1 Å². The molecule has 0 saturated heterocycles. The second kappa shape index (κ2) is 10.6. The minimum absolute atomic E-state index is 0.100. The van der Waals surface area contributed by atoms with Gasteiger partial charge < -0.3 is 18.9 Å². The Bertz CT molecular complexity index is 576. The van der Waals surface area contributed by atoms with E-state index in [2.05, 4.69) is 0 Å². The quantitative estimate of drug-likeness (QED) is 0.260. The average Bonchev–Trinajstić information content (AvgIpc) is 2.58. The first kappa shape index (κ1) is 20.9. The summed E-state index contributed by atoms with van der Waals surface area (Å²) in [5.74, 6) is -0.578. The fraction of sp³-hybridized carbons (Fsp3) is 0.588. The Hall–Kier alpha value is -2.19. The maximum Gasteiger partial charge on any atom is 0.306 e. The van der Waals surface area contributed by atoms with Gasteiger partial charge in [0.2, 0.25) is 6.54 Å². The van der Waals surface area contributed by atoms with E-state index in [9.17, 15) is 14.9 Å². The lowest BCUT2D eigenvalue weighted by molar-refractivity contribution is -0.483. The fourth-order valence-corrected chi connectivity index (χ4v) is 2.57. The fourth-order valence-electron chi connectivity index (χ4n) is 2.57. The molecule has 0 aliphatic rings. The first-order valence-corrected chi connectivity index (χ1v) is 8.06. The molecule has 0 aromatic heterocycles. The Morgan fingerprint density at radius 3 is 2.44 bits per heavy atom. The van der Waals surface area contributed by atoms with E-state index < -0.39 is 29.6 Å². The molecule has 0 heterocycles. The van der Waals surface area contributed by atoms with Crippen LogP contribution >= 0.6 is 0 Å². The third kappa shape index (κ3) is 6.32. The Balaban J connectivity index is 3.30. The Morgan fingerprint density at radius 1 is 1.20 bits per heavy atom. The maximum absolute atomic E-state index is 11.9. The van der Waals surface area contributed by atoms with Gasteiger partial charge in [-0.15, -0.1) is 0 Å². The molecule has 1 rings (SSSR count). The summed E-state index contributed by atoms with van der Waals surface area (Å²) in [4.78, 5) is 22.5. The van der Waals surface area contributed by atoms with E-state index in [0.29, 0.717) is 23.5 Å². The van der Waals surface area contributed by atoms with Crippen molar-refractivity contribution in [1.82, 2.24) is 0 Å². The molecule has 2 unspecified atom stereocenters. The number of ether oxygens (including phenoxy) is 4. The molecule has 0 saturated carbocycles. The number of hydrogen-bond donors (Lipinski definition) is 0. The minimum atomic E-state index is -0.716. The van der Waals surface area contributed by atoms with E-state index in [1.807, 2.05) is 6.92 Å². The van der Waals surface area contributed by atoms with Crippen molar-refractivity contribution in [1.29, 1.82) is 0 Å². The van der Waals surface area contributed by atoms with Gasteiger partial charge in [-0.05, 0) is 31.5 Å². The van der Waals surface area contributed by atoms with Gasteiger partial charge in [0.25, 0.3) is 0 Å². The predicted molar refractivity (Wildman–Crippen MR) is 90.2 cm³/mol. The van der Waals surface area contributed by atoms with Crippen molar-refractivity contribution in [2.24, 2.45) is 0 Å². The molecule has 0 fully saturated rings. The highest BCUT2D eigenvalue weighted by Gasteiger charge is 2.28. The number of esters is 1. The van der Waals surface area contributed by atoms with Gasteiger partial charge in [0.15, 0.2) is 6.29 Å². The maximum atomic E-state index is 11.9. The van der Waals surface area contributed by atoms with Gasteiger partial charge >= 0.3 is 5.97 Å². The SMILES string of the molecule is CCOC(=O)CC(C[N+](=O)[O-])c1ccc(OC)cc1C(OC)OCC. The summed E-state index contributed by atoms with van der Waals surface area (Å²) >= 11 is 0. The van der Waals surface area contributed by atoms with E-state index in [-0.39, 0.29) is 13.0 Å². The Labute approximate surface area is 147 Å². The molecular formula is C17H25NO7. The topological polar surface area (TPSA) is 97.1 Å². The molecule has 0 aliphatic heterocycles. The average molecular weight is 355 g/mol. The molecule has 0 N–H and O–H groups in total. The monoisotopic (exact) mass is 355 g/mol. The molecule has 1 aromatic rings. The van der Waals surface area contributed by atoms with Crippen LogP contribution in [-0.4, -0.2) is 44.9 Å². The standard InChI is InChI=1S/C17H25NO7/c1-5-24-16(19)9-12(11-18(20)21)14-8-7-13(22-3)10-15(14)17(23-4)25-6-2/h7-8,10,12,17H,5-6,9,11H2,1-4H3. The van der Waals surface area contributed by atoms with Gasteiger partial charge in [-0.3, -0.25) is 14.9 Å². The molecule has 0 spiro atoms. The zero-order chi connectivity index (χ0) is 18.8. The normalized spacial score (nSPS) is 13.1. The lowest BCUT2D eigenvalue weighted by Crippen LogP contribution is -2.21. The lowest BCUT2D eigenvalue weighted by Gasteiger charge is -2.23. The number of hydrogen-bond acceptors (Lipinski definition) is 7. The summed E-state index contributed by atoms with van der Waals surface area (Å²) in [7, 11) is 3.01. The Morgan fingerprint density at radius 2 is 1.92 bits per heavy atom. The highest BCUT2D eigenvalue weighted by molar-refractivity contribution is 5.70. The van der Waals surface area contributed by atoms with Crippen LogP contribution in [0.2, 0.25) is 0 Å². The smallest absolute Gasteiger partial charge is 0.306 e. The number of methoxy groups -OCH3 is 2. The van der Waals surface area contributed by atoms with Gasteiger partial charge in [0, 0.05) is 24.2 Å². The van der Waals surface area contributed by atoms with Crippen LogP contribution in [0.1, 0.15) is 43.6 Å². The number of nitro groups is 1. The summed E-state index contributed by atoms with van der Waals surface area (Å²) in [5, 5.41) is 11.1. The van der Waals surface area contributed by atoms with Crippen LogP contribution in [0.25, 0.3) is 0 Å². The van der Waals surface area contributed by atoms with Crippen LogP contribution in [-0.2, 0) is 19.0 Å². The third-order valence-corrected chi connectivity index (χ3v) is 3.61. The van der Waals surface area contributed by atoms with Gasteiger partial charge in [0.1, 0.15) is 5.75 Å². The van der Waals surface area contributed by atoms with Crippen LogP contribution in [0.15, 0.2) is 18.2 Å². The number of benzene rings is 1. The molecule has 2 atom stereocenters. The molecular weight excluding hydrogens is 330 g/mol. The predicted octanol–water partition coefficient (Wildman–Crippen LogP) is 2.69. The molecule has 0 bridgehead atoms. The zero-order valence-corrected chi connectivity index (χ0v) is 15.0. The number of carbonyl (C=O) groups is 1. The van der Waals surface area contributed by atoms with Gasteiger partial charge in [-0.25, -0.2) is 0 Å². The highest BCUT2D eigenvalue weighted by Crippen LogP contribution is 2.33. The highest BCUT2D eigenvalue weighted by atomic mass is 16.7. The van der Waals surface area contributed by atoms with Crippen molar-refractivity contribution in [2.75, 3.05) is 34.0 Å². The van der Waals surface area contributed by atoms with Crippen LogP contribution < -0.4 is 4.74 Å². The molecule has 1 aromatic carbocycles. The zero-order valence-electron chi connectivity index (χ0n) is 15.0. The number of carbonyl (C=O) groups excluding carboxylic acids is 1. The van der Waals surface area contributed by atoms with Crippen molar-refractivity contribution in [3.63, 3.8) is 0 Å². The lowest BCUT2D eigenvalue weighted by atomic mass is 9.90. The van der Waals surface area contributed by atoms with Gasteiger partial charge in [-0.2, -0.15) is 0 Å². The van der Waals surface area contributed by atoms with Crippen LogP contribution in [0.5, 0.6) is 5.75 Å². The van der Waals surface area contributed by atoms with E-state index in [1.165, 1.54) is 14.2 Å². The summed E-state index contributed by atoms with van der Waals surface area (Å²) in [6, 6.07) is 5.10. The van der Waals surface area contributed by atoms with Gasteiger partial charge in [0.05, 0.1) is 26.1 Å². The van der Waals surface area contributed by atoms with Crippen molar-refractivity contribution in [2.45, 2.75) is 32.5 Å². The first-order valence-electron chi connectivity index (χ1n) is 8.06. The van der Waals surface area contributed by atoms with Crippen molar-refractivity contribution >= 4 is 5.97 Å². The van der Waals surface area contributed by atoms with Gasteiger partial charge in [-0.1, -0.05) is 6.07 Å². The molecule has 8 heteroatoms. The van der Waals surface area contributed by atoms with E-state index in [0.717, 1.165) is 0 Å². The van der Waals surface area contributed by atoms with Crippen molar-refractivity contribution in [3.8, 4) is 5.75 Å². The largest absolute Gasteiger partial charge is 0.497 e. The summed E-state index contributed by atoms with van der Waals surface area (Å²) < 4.78 is 21.1. The molecule has 25 heavy (non-hydrogen) atoms. The summed E-state index contributed by atoms with van der Waals surface area (Å²) in [6.45, 7) is 3.72. The first-order chi connectivity index (χ1) is 12.0. The summed E-state index contributed by atoms with van der Waals surface area (Å²) in [5.41, 5.74) is 1.20. The van der Waals surface area contributed by atoms with E-state index in [1.54, 1.807) is 25.1 Å². The molecule has 0 aliphatic carbocycles. The second-order valence-corrected chi connectivity index (χ2v) is 5.24. The second-order valence-electron chi connectivity index (χ2n) is 5.24. The number of rotatable bonds is 11. The summed E-state index contributed by atoms with van der Waals surface area (Å²) in [6.07, 6.45) is -0.817. The van der Waals surface area contributed by atoms with Crippen LogP contribution in [0.4, 0.5) is 0 Å². The molecule has 8 nitrogen and oxygen atoms in total. The molecule has 140 valence electrons. The van der Waals surface area contributed by atoms with E-state index >= 15 is 0 Å². The third-order valence-electron chi connectivity index (χ3n) is 3.61. The van der Waals surface area contributed by atoms with Crippen molar-refractivity contribution in [3.05, 3.63) is 39.4 Å². The van der Waals surface area contributed by atoms with Crippen LogP contribution in [0.3, 0.4) is 0 Å². The van der Waals surface area contributed by atoms with E-state index in [4.69, 9.17) is 18.9 Å². The Kier molecular flexibility index (Phi) is 8.87. The minimum Gasteiger partial charge on any atom is -0.497 e. The number of nitrogens with zero attached hydrogens (tertiary/aromatic N) is 1. The van der Waals surface area contributed by atoms with Crippen molar-refractivity contribution < 1.29 is 28.7 Å². The molecule has 0 radical (unpaired) electrons.